The van der Waals surface area contributed by atoms with Gasteiger partial charge in [-0.3, -0.25) is 14.4 Å². The highest BCUT2D eigenvalue weighted by atomic mass is 35.5. The number of hydrogen-bond donors (Lipinski definition) is 2. The minimum atomic E-state index is -0.912. The van der Waals surface area contributed by atoms with Crippen LogP contribution >= 0.6 is 11.6 Å². The van der Waals surface area contributed by atoms with Crippen LogP contribution in [0, 0.1) is 0 Å². The van der Waals surface area contributed by atoms with E-state index in [0.29, 0.717) is 22.6 Å². The van der Waals surface area contributed by atoms with E-state index in [-0.39, 0.29) is 16.9 Å². The number of carbonyl (C=O) groups excluding carboxylic acids is 3. The zero-order valence-electron chi connectivity index (χ0n) is 18.9. The summed E-state index contributed by atoms with van der Waals surface area (Å²) in [5.41, 5.74) is 8.10. The zero-order chi connectivity index (χ0) is 25.2. The van der Waals surface area contributed by atoms with Gasteiger partial charge in [-0.25, -0.2) is 4.68 Å². The number of aromatic nitrogens is 3. The Morgan fingerprint density at radius 3 is 2.31 bits per heavy atom. The summed E-state index contributed by atoms with van der Waals surface area (Å²) in [6, 6.07) is 23.6. The van der Waals surface area contributed by atoms with E-state index < -0.39 is 17.6 Å². The van der Waals surface area contributed by atoms with Crippen molar-refractivity contribution in [3.05, 3.63) is 113 Å². The number of amides is 2. The van der Waals surface area contributed by atoms with Crippen LogP contribution in [0.5, 0.6) is 0 Å². The molecule has 0 saturated heterocycles. The minimum Gasteiger partial charge on any atom is -0.365 e. The standard InChI is InChI=1S/C27H20ClN5O3/c28-18-12-10-17(11-13-18)15-32-16-22(20-8-4-5-9-23(20)32)24(34)27(36)31-26-21(25(29)35)14-30-33(26)19-6-2-1-3-7-19/h1-14,16H,15H2,(H2,29,35)(H,31,36). The van der Waals surface area contributed by atoms with E-state index >= 15 is 0 Å². The smallest absolute Gasteiger partial charge is 0.298 e. The zero-order valence-corrected chi connectivity index (χ0v) is 19.6. The molecule has 0 bridgehead atoms. The number of hydrogen-bond acceptors (Lipinski definition) is 4. The highest BCUT2D eigenvalue weighted by molar-refractivity contribution is 6.48. The second-order valence-corrected chi connectivity index (χ2v) is 8.55. The van der Waals surface area contributed by atoms with Gasteiger partial charge in [-0.05, 0) is 35.9 Å². The predicted molar refractivity (Wildman–Crippen MR) is 138 cm³/mol. The Hall–Kier alpha value is -4.69. The van der Waals surface area contributed by atoms with Crippen LogP contribution in [0.2, 0.25) is 5.02 Å². The Bertz CT molecular complexity index is 1600. The number of benzene rings is 3. The van der Waals surface area contributed by atoms with Gasteiger partial charge in [0, 0.05) is 28.7 Å². The van der Waals surface area contributed by atoms with Crippen molar-refractivity contribution in [2.75, 3.05) is 5.32 Å². The number of rotatable bonds is 7. The third kappa shape index (κ3) is 4.37. The quantitative estimate of drug-likeness (QED) is 0.255. The summed E-state index contributed by atoms with van der Waals surface area (Å²) in [6.07, 6.45) is 2.91. The maximum absolute atomic E-state index is 13.3. The van der Waals surface area contributed by atoms with E-state index in [1.165, 1.54) is 10.9 Å². The summed E-state index contributed by atoms with van der Waals surface area (Å²) in [7, 11) is 0. The molecular weight excluding hydrogens is 478 g/mol. The Morgan fingerprint density at radius 2 is 1.58 bits per heavy atom. The normalized spacial score (nSPS) is 10.9. The van der Waals surface area contributed by atoms with Gasteiger partial charge in [-0.15, -0.1) is 0 Å². The van der Waals surface area contributed by atoms with Crippen molar-refractivity contribution in [3.8, 4) is 5.69 Å². The first-order valence-corrected chi connectivity index (χ1v) is 11.4. The fourth-order valence-corrected chi connectivity index (χ4v) is 4.17. The summed E-state index contributed by atoms with van der Waals surface area (Å²) in [5.74, 6) is -2.42. The number of halogens is 1. The summed E-state index contributed by atoms with van der Waals surface area (Å²) in [5, 5.41) is 8.00. The molecule has 36 heavy (non-hydrogen) atoms. The molecule has 2 heterocycles. The number of Topliss-reactive ketones (excluding diaryl/α,β-unsaturated/α-hetero) is 1. The van der Waals surface area contributed by atoms with Crippen LogP contribution in [-0.4, -0.2) is 31.9 Å². The van der Waals surface area contributed by atoms with E-state index in [9.17, 15) is 14.4 Å². The number of nitrogens with two attached hydrogens (primary N) is 1. The molecule has 0 fully saturated rings. The van der Waals surface area contributed by atoms with E-state index in [0.717, 1.165) is 11.1 Å². The van der Waals surface area contributed by atoms with Gasteiger partial charge >= 0.3 is 0 Å². The summed E-state index contributed by atoms with van der Waals surface area (Å²) in [4.78, 5) is 38.5. The van der Waals surface area contributed by atoms with Gasteiger partial charge in [0.25, 0.3) is 17.6 Å². The van der Waals surface area contributed by atoms with E-state index in [1.54, 1.807) is 54.7 Å². The lowest BCUT2D eigenvalue weighted by Gasteiger charge is -2.10. The first-order chi connectivity index (χ1) is 17.4. The lowest BCUT2D eigenvalue weighted by atomic mass is 10.1. The van der Waals surface area contributed by atoms with Gasteiger partial charge in [-0.2, -0.15) is 5.10 Å². The first-order valence-electron chi connectivity index (χ1n) is 11.0. The van der Waals surface area contributed by atoms with Gasteiger partial charge in [0.1, 0.15) is 11.4 Å². The Kier molecular flexibility index (Phi) is 6.10. The fraction of sp³-hybridized carbons (Fsp3) is 0.0370. The lowest BCUT2D eigenvalue weighted by molar-refractivity contribution is -0.112. The molecule has 0 aliphatic carbocycles. The van der Waals surface area contributed by atoms with Crippen molar-refractivity contribution < 1.29 is 14.4 Å². The molecule has 5 aromatic rings. The average molecular weight is 498 g/mol. The molecule has 0 spiro atoms. The first kappa shape index (κ1) is 23.1. The number of carbonyl (C=O) groups is 3. The second kappa shape index (κ2) is 9.52. The largest absolute Gasteiger partial charge is 0.365 e. The molecule has 0 unspecified atom stereocenters. The van der Waals surface area contributed by atoms with Gasteiger partial charge < -0.3 is 15.6 Å². The number of para-hydroxylation sites is 2. The molecule has 9 heteroatoms. The van der Waals surface area contributed by atoms with Crippen LogP contribution < -0.4 is 11.1 Å². The number of primary amides is 1. The van der Waals surface area contributed by atoms with Gasteiger partial charge in [-0.1, -0.05) is 60.1 Å². The van der Waals surface area contributed by atoms with Gasteiger partial charge in [0.05, 0.1) is 17.4 Å². The third-order valence-electron chi connectivity index (χ3n) is 5.77. The molecule has 5 rings (SSSR count). The molecule has 0 radical (unpaired) electrons. The molecule has 3 aromatic carbocycles. The van der Waals surface area contributed by atoms with Crippen LogP contribution in [0.1, 0.15) is 26.3 Å². The second-order valence-electron chi connectivity index (χ2n) is 8.12. The molecule has 2 amide bonds. The summed E-state index contributed by atoms with van der Waals surface area (Å²) < 4.78 is 3.26. The minimum absolute atomic E-state index is 0.00910. The Morgan fingerprint density at radius 1 is 0.889 bits per heavy atom. The Balaban J connectivity index is 1.49. The molecule has 8 nitrogen and oxygen atoms in total. The molecule has 0 atom stereocenters. The van der Waals surface area contributed by atoms with E-state index in [2.05, 4.69) is 10.4 Å². The highest BCUT2D eigenvalue weighted by Crippen LogP contribution is 2.25. The van der Waals surface area contributed by atoms with Crippen molar-refractivity contribution in [1.29, 1.82) is 0 Å². The van der Waals surface area contributed by atoms with Crippen LogP contribution in [0.3, 0.4) is 0 Å². The van der Waals surface area contributed by atoms with Crippen LogP contribution in [0.25, 0.3) is 16.6 Å². The van der Waals surface area contributed by atoms with E-state index in [1.807, 2.05) is 34.9 Å². The van der Waals surface area contributed by atoms with Crippen LogP contribution in [-0.2, 0) is 11.3 Å². The summed E-state index contributed by atoms with van der Waals surface area (Å²) in [6.45, 7) is 0.485. The highest BCUT2D eigenvalue weighted by Gasteiger charge is 2.25. The predicted octanol–water partition coefficient (Wildman–Crippen LogP) is 4.45. The molecule has 0 aliphatic rings. The molecule has 0 aliphatic heterocycles. The lowest BCUT2D eigenvalue weighted by Crippen LogP contribution is -2.26. The molecule has 0 saturated carbocycles. The van der Waals surface area contributed by atoms with E-state index in [4.69, 9.17) is 17.3 Å². The van der Waals surface area contributed by atoms with Gasteiger partial charge in [0.15, 0.2) is 0 Å². The maximum Gasteiger partial charge on any atom is 0.298 e. The summed E-state index contributed by atoms with van der Waals surface area (Å²) >= 11 is 6.00. The van der Waals surface area contributed by atoms with Crippen molar-refractivity contribution >= 4 is 45.9 Å². The topological polar surface area (TPSA) is 112 Å². The van der Waals surface area contributed by atoms with Gasteiger partial charge in [0.2, 0.25) is 0 Å². The number of nitrogens with one attached hydrogen (secondary N) is 1. The average Bonchev–Trinajstić information content (AvgIpc) is 3.47. The third-order valence-corrected chi connectivity index (χ3v) is 6.02. The van der Waals surface area contributed by atoms with Crippen LogP contribution in [0.15, 0.2) is 91.3 Å². The monoisotopic (exact) mass is 497 g/mol. The SMILES string of the molecule is NC(=O)c1cnn(-c2ccccc2)c1NC(=O)C(=O)c1cn(Cc2ccc(Cl)cc2)c2ccccc12. The molecule has 3 N–H and O–H groups in total. The molecule has 2 aromatic heterocycles. The molecule has 178 valence electrons. The molecular formula is C27H20ClN5O3. The number of ketones is 1. The maximum atomic E-state index is 13.3. The van der Waals surface area contributed by atoms with Crippen molar-refractivity contribution in [2.45, 2.75) is 6.54 Å². The number of anilines is 1. The van der Waals surface area contributed by atoms with Crippen LogP contribution in [0.4, 0.5) is 5.82 Å². The number of fused-ring (bicyclic) bond motifs is 1. The Labute approximate surface area is 210 Å². The fourth-order valence-electron chi connectivity index (χ4n) is 4.05. The van der Waals surface area contributed by atoms with Crippen molar-refractivity contribution in [1.82, 2.24) is 14.3 Å². The number of nitrogens with zero attached hydrogens (tertiary/aromatic N) is 3. The van der Waals surface area contributed by atoms with Crippen molar-refractivity contribution in [2.24, 2.45) is 5.73 Å². The van der Waals surface area contributed by atoms with Crippen molar-refractivity contribution in [3.63, 3.8) is 0 Å².